The molecule has 0 atom stereocenters. The molecular weight excluding hydrogens is 519 g/mol. The van der Waals surface area contributed by atoms with Gasteiger partial charge >= 0.3 is 0 Å². The number of piperazine rings is 1. The number of aromatic amines is 1. The molecule has 1 N–H and O–H groups in total. The molecule has 0 radical (unpaired) electrons. The number of pyridine rings is 1. The number of rotatable bonds is 2. The van der Waals surface area contributed by atoms with Crippen LogP contribution in [0.1, 0.15) is 24.8 Å². The highest BCUT2D eigenvalue weighted by Crippen LogP contribution is 2.38. The van der Waals surface area contributed by atoms with Gasteiger partial charge in [0.25, 0.3) is 0 Å². The molecule has 2 aromatic heterocycles. The standard InChI is InChI=1S/C32H37FN6O2/c1-37-12-14-38(15-13-37)24-8-10-39(11-9-24)29-7-6-22-18-30(29)41-17-3-16-40-21-23-4-2-5-26(33)31(23)27-19-25-28(20-34-27)35-36-32(22)25/h2,4-7,18-20,24H,3,8-17,21H2,1H3,(H,35,36). The average molecular weight is 557 g/mol. The molecule has 0 spiro atoms. The SMILES string of the molecule is CN1CCN(C2CCN(c3ccc4cc3OCCCOCc3cccc(F)c3-c3cc5c-4n[nH]c5cn3)CC2)CC1. The highest BCUT2D eigenvalue weighted by atomic mass is 19.1. The van der Waals surface area contributed by atoms with Crippen molar-refractivity contribution in [3.8, 4) is 28.3 Å². The van der Waals surface area contributed by atoms with E-state index in [0.717, 1.165) is 84.6 Å². The quantitative estimate of drug-likeness (QED) is 0.375. The van der Waals surface area contributed by atoms with Crippen LogP contribution in [0.2, 0.25) is 0 Å². The highest BCUT2D eigenvalue weighted by Gasteiger charge is 2.28. The maximum Gasteiger partial charge on any atom is 0.143 e. The van der Waals surface area contributed by atoms with Gasteiger partial charge in [0, 0.05) is 68.2 Å². The minimum absolute atomic E-state index is 0.307. The van der Waals surface area contributed by atoms with Gasteiger partial charge in [-0.2, -0.15) is 5.10 Å². The van der Waals surface area contributed by atoms with Crippen molar-refractivity contribution in [2.24, 2.45) is 0 Å². The maximum atomic E-state index is 15.1. The van der Waals surface area contributed by atoms with E-state index in [1.807, 2.05) is 12.1 Å². The van der Waals surface area contributed by atoms with E-state index in [1.54, 1.807) is 12.3 Å². The first kappa shape index (κ1) is 26.4. The summed E-state index contributed by atoms with van der Waals surface area (Å²) in [6.45, 7) is 8.04. The number of hydrogen-bond donors (Lipinski definition) is 1. The Morgan fingerprint density at radius 2 is 1.83 bits per heavy atom. The van der Waals surface area contributed by atoms with Gasteiger partial charge in [0.05, 0.1) is 42.9 Å². The number of nitrogens with one attached hydrogen (secondary N) is 1. The number of ether oxygens (including phenoxy) is 2. The zero-order valence-electron chi connectivity index (χ0n) is 23.6. The minimum atomic E-state index is -0.307. The Morgan fingerprint density at radius 3 is 2.68 bits per heavy atom. The lowest BCUT2D eigenvalue weighted by molar-refractivity contribution is 0.0980. The summed E-state index contributed by atoms with van der Waals surface area (Å²) in [5.41, 5.74) is 5.52. The van der Waals surface area contributed by atoms with Gasteiger partial charge in [-0.3, -0.25) is 15.0 Å². The van der Waals surface area contributed by atoms with E-state index in [1.165, 1.54) is 19.2 Å². The van der Waals surface area contributed by atoms with Gasteiger partial charge in [-0.05, 0) is 49.7 Å². The molecule has 4 bridgehead atoms. The fraction of sp³-hybridized carbons (Fsp3) is 0.438. The van der Waals surface area contributed by atoms with Gasteiger partial charge in [0.1, 0.15) is 17.3 Å². The molecule has 2 saturated heterocycles. The first-order valence-electron chi connectivity index (χ1n) is 14.8. The number of nitrogens with zero attached hydrogens (tertiary/aromatic N) is 5. The second kappa shape index (κ2) is 11.4. The number of aromatic nitrogens is 3. The molecule has 41 heavy (non-hydrogen) atoms. The average Bonchev–Trinajstić information content (AvgIpc) is 3.42. The Morgan fingerprint density at radius 1 is 0.976 bits per heavy atom. The molecule has 7 rings (SSSR count). The minimum Gasteiger partial charge on any atom is -0.491 e. The van der Waals surface area contributed by atoms with Gasteiger partial charge in [0.2, 0.25) is 0 Å². The summed E-state index contributed by atoms with van der Waals surface area (Å²) in [5, 5.41) is 8.65. The second-order valence-electron chi connectivity index (χ2n) is 11.5. The first-order valence-corrected chi connectivity index (χ1v) is 14.8. The lowest BCUT2D eigenvalue weighted by Gasteiger charge is -2.42. The number of benzene rings is 2. The van der Waals surface area contributed by atoms with Crippen LogP contribution in [-0.2, 0) is 11.3 Å². The number of piperidine rings is 1. The van der Waals surface area contributed by atoms with Crippen LogP contribution in [0, 0.1) is 5.82 Å². The van der Waals surface area contributed by atoms with Crippen LogP contribution in [0.3, 0.4) is 0 Å². The molecule has 0 amide bonds. The molecule has 3 aliphatic rings. The van der Waals surface area contributed by atoms with E-state index in [4.69, 9.17) is 9.47 Å². The molecule has 2 fully saturated rings. The number of likely N-dealkylation sites (N-methyl/N-ethyl adjacent to an activating group) is 1. The van der Waals surface area contributed by atoms with Crippen LogP contribution in [0.5, 0.6) is 5.75 Å². The predicted molar refractivity (Wildman–Crippen MR) is 159 cm³/mol. The molecule has 5 heterocycles. The molecule has 4 aromatic rings. The smallest absolute Gasteiger partial charge is 0.143 e. The van der Waals surface area contributed by atoms with Gasteiger partial charge in [-0.1, -0.05) is 18.2 Å². The Labute approximate surface area is 240 Å². The Kier molecular flexibility index (Phi) is 7.33. The Hall–Kier alpha value is -3.53. The zero-order chi connectivity index (χ0) is 27.8. The summed E-state index contributed by atoms with van der Waals surface area (Å²) < 4.78 is 27.5. The summed E-state index contributed by atoms with van der Waals surface area (Å²) >= 11 is 0. The lowest BCUT2D eigenvalue weighted by atomic mass is 10.00. The van der Waals surface area contributed by atoms with Gasteiger partial charge in [0.15, 0.2) is 0 Å². The van der Waals surface area contributed by atoms with Crippen LogP contribution in [0.15, 0.2) is 48.7 Å². The van der Waals surface area contributed by atoms with E-state index in [2.05, 4.69) is 55.1 Å². The van der Waals surface area contributed by atoms with Gasteiger partial charge in [-0.25, -0.2) is 4.39 Å². The molecule has 8 nitrogen and oxygen atoms in total. The maximum absolute atomic E-state index is 15.1. The number of H-pyrrole nitrogens is 1. The molecular formula is C32H37FN6O2. The largest absolute Gasteiger partial charge is 0.491 e. The predicted octanol–water partition coefficient (Wildman–Crippen LogP) is 4.95. The number of halogens is 1. The molecule has 2 aromatic carbocycles. The third-order valence-electron chi connectivity index (χ3n) is 8.84. The number of hydrogen-bond acceptors (Lipinski definition) is 7. The monoisotopic (exact) mass is 556 g/mol. The summed E-state index contributed by atoms with van der Waals surface area (Å²) in [4.78, 5) is 12.2. The molecule has 9 heteroatoms. The van der Waals surface area contributed by atoms with Crippen LogP contribution in [-0.4, -0.2) is 90.6 Å². The molecule has 3 aliphatic heterocycles. The van der Waals surface area contributed by atoms with Gasteiger partial charge in [-0.15, -0.1) is 0 Å². The Balaban J connectivity index is 1.21. The van der Waals surface area contributed by atoms with Crippen molar-refractivity contribution >= 4 is 16.6 Å². The number of fused-ring (bicyclic) bond motifs is 6. The topological polar surface area (TPSA) is 69.8 Å². The number of anilines is 1. The van der Waals surface area contributed by atoms with E-state index in [9.17, 15) is 0 Å². The summed E-state index contributed by atoms with van der Waals surface area (Å²) in [5.74, 6) is 0.564. The van der Waals surface area contributed by atoms with E-state index in [0.29, 0.717) is 37.1 Å². The summed E-state index contributed by atoms with van der Waals surface area (Å²) in [6.07, 6.45) is 4.79. The van der Waals surface area contributed by atoms with E-state index in [-0.39, 0.29) is 5.82 Å². The van der Waals surface area contributed by atoms with Crippen molar-refractivity contribution in [2.45, 2.75) is 31.9 Å². The molecule has 0 saturated carbocycles. The normalized spacial score (nSPS) is 19.5. The van der Waals surface area contributed by atoms with Crippen LogP contribution in [0.4, 0.5) is 10.1 Å². The highest BCUT2D eigenvalue weighted by molar-refractivity contribution is 5.95. The van der Waals surface area contributed by atoms with Crippen molar-refractivity contribution in [2.75, 3.05) is 64.4 Å². The van der Waals surface area contributed by atoms with Crippen molar-refractivity contribution in [1.82, 2.24) is 25.0 Å². The third-order valence-corrected chi connectivity index (χ3v) is 8.84. The fourth-order valence-corrected chi connectivity index (χ4v) is 6.47. The van der Waals surface area contributed by atoms with Crippen molar-refractivity contribution < 1.29 is 13.9 Å². The molecule has 0 aliphatic carbocycles. The summed E-state index contributed by atoms with van der Waals surface area (Å²) in [6, 6.07) is 14.1. The van der Waals surface area contributed by atoms with Crippen LogP contribution < -0.4 is 9.64 Å². The van der Waals surface area contributed by atoms with E-state index >= 15 is 4.39 Å². The zero-order valence-corrected chi connectivity index (χ0v) is 23.6. The second-order valence-corrected chi connectivity index (χ2v) is 11.5. The van der Waals surface area contributed by atoms with Crippen molar-refractivity contribution in [3.05, 3.63) is 60.0 Å². The van der Waals surface area contributed by atoms with E-state index < -0.39 is 0 Å². The Bertz CT molecular complexity index is 1520. The summed E-state index contributed by atoms with van der Waals surface area (Å²) in [7, 11) is 2.21. The molecule has 214 valence electrons. The lowest BCUT2D eigenvalue weighted by Crippen LogP contribution is -2.52. The third kappa shape index (κ3) is 5.29. The van der Waals surface area contributed by atoms with Gasteiger partial charge < -0.3 is 19.3 Å². The van der Waals surface area contributed by atoms with Crippen LogP contribution in [0.25, 0.3) is 33.4 Å². The van der Waals surface area contributed by atoms with Crippen molar-refractivity contribution in [3.63, 3.8) is 0 Å². The fourth-order valence-electron chi connectivity index (χ4n) is 6.47. The van der Waals surface area contributed by atoms with Crippen molar-refractivity contribution in [1.29, 1.82) is 0 Å². The van der Waals surface area contributed by atoms with Crippen LogP contribution >= 0.6 is 0 Å². The first-order chi connectivity index (χ1) is 20.1. The molecule has 0 unspecified atom stereocenters.